The topological polar surface area (TPSA) is 123 Å². The first-order valence-electron chi connectivity index (χ1n) is 18.1. The predicted molar refractivity (Wildman–Crippen MR) is 184 cm³/mol. The van der Waals surface area contributed by atoms with Crippen molar-refractivity contribution >= 4 is 15.9 Å². The lowest BCUT2D eigenvalue weighted by molar-refractivity contribution is -0.144. The van der Waals surface area contributed by atoms with Gasteiger partial charge in [0.2, 0.25) is 15.9 Å². The fourth-order valence-electron chi connectivity index (χ4n) is 9.63. The van der Waals surface area contributed by atoms with E-state index in [-0.39, 0.29) is 35.0 Å². The molecule has 5 aliphatic rings. The van der Waals surface area contributed by atoms with Gasteiger partial charge in [-0.25, -0.2) is 8.42 Å². The van der Waals surface area contributed by atoms with E-state index in [0.717, 1.165) is 64.6 Å². The van der Waals surface area contributed by atoms with E-state index in [1.54, 1.807) is 0 Å². The molecule has 6 rings (SSSR count). The minimum absolute atomic E-state index is 0.0566. The molecule has 4 N–H and O–H groups in total. The second-order valence-electron chi connectivity index (χ2n) is 16.8. The fraction of sp³-hybridized carbons (Fsp3) is 0.806. The molecule has 0 aromatic heterocycles. The Balaban J connectivity index is 1.30. The van der Waals surface area contributed by atoms with Crippen molar-refractivity contribution in [2.24, 2.45) is 16.7 Å². The number of aryl methyl sites for hydroxylation is 2. The van der Waals surface area contributed by atoms with E-state index < -0.39 is 28.2 Å². The Morgan fingerprint density at radius 3 is 2.53 bits per heavy atom. The number of nitrogens with zero attached hydrogens (tertiary/aromatic N) is 2. The monoisotopic (exact) mass is 673 g/mol. The van der Waals surface area contributed by atoms with Gasteiger partial charge in [0.15, 0.2) is 0 Å². The molecule has 1 aromatic rings. The number of sulfonamides is 1. The van der Waals surface area contributed by atoms with Crippen LogP contribution in [0.15, 0.2) is 18.2 Å². The van der Waals surface area contributed by atoms with Crippen molar-refractivity contribution < 1.29 is 23.1 Å². The molecule has 10 nitrogen and oxygen atoms in total. The third-order valence-corrected chi connectivity index (χ3v) is 13.6. The Hall–Kier alpha value is -1.60. The third kappa shape index (κ3) is 8.08. The quantitative estimate of drug-likeness (QED) is 0.380. The number of aliphatic hydroxyl groups is 1. The van der Waals surface area contributed by atoms with Gasteiger partial charge < -0.3 is 14.7 Å². The Kier molecular flexibility index (Phi) is 10.5. The van der Waals surface area contributed by atoms with Crippen LogP contribution >= 0.6 is 0 Å². The molecule has 3 aliphatic heterocycles. The van der Waals surface area contributed by atoms with Crippen molar-refractivity contribution in [3.8, 4) is 0 Å². The fourth-order valence-corrected chi connectivity index (χ4v) is 11.3. The van der Waals surface area contributed by atoms with Crippen LogP contribution in [-0.2, 0) is 19.6 Å². The van der Waals surface area contributed by atoms with Gasteiger partial charge in [0.1, 0.15) is 19.1 Å². The van der Waals surface area contributed by atoms with Gasteiger partial charge in [0.25, 0.3) is 0 Å². The number of carbonyl (C=O) groups excluding carboxylic acids is 1. The molecule has 2 aliphatic carbocycles. The number of carbonyl (C=O) groups is 1. The maximum absolute atomic E-state index is 13.9. The average Bonchev–Trinajstić information content (AvgIpc) is 2.99. The molecule has 47 heavy (non-hydrogen) atoms. The van der Waals surface area contributed by atoms with Gasteiger partial charge in [-0.1, -0.05) is 45.4 Å². The van der Waals surface area contributed by atoms with Crippen LogP contribution in [0.1, 0.15) is 108 Å². The second kappa shape index (κ2) is 14.0. The average molecular weight is 674 g/mol. The molecule has 5 unspecified atom stereocenters. The molecule has 1 amide bonds. The van der Waals surface area contributed by atoms with Crippen molar-refractivity contribution in [1.82, 2.24) is 25.2 Å². The van der Waals surface area contributed by atoms with E-state index in [9.17, 15) is 18.3 Å². The Morgan fingerprint density at radius 1 is 1.09 bits per heavy atom. The molecule has 3 saturated heterocycles. The van der Waals surface area contributed by atoms with E-state index in [0.29, 0.717) is 37.8 Å². The summed E-state index contributed by atoms with van der Waals surface area (Å²) >= 11 is 0. The van der Waals surface area contributed by atoms with Crippen molar-refractivity contribution in [2.45, 2.75) is 135 Å². The molecule has 3 heterocycles. The normalized spacial score (nSPS) is 36.9. The Labute approximate surface area is 282 Å². The highest BCUT2D eigenvalue weighted by Crippen LogP contribution is 2.51. The maximum atomic E-state index is 13.9. The van der Waals surface area contributed by atoms with E-state index in [1.165, 1.54) is 16.7 Å². The molecule has 11 heteroatoms. The smallest absolute Gasteiger partial charge is 0.248 e. The molecule has 5 fully saturated rings. The first-order valence-corrected chi connectivity index (χ1v) is 19.6. The van der Waals surface area contributed by atoms with E-state index >= 15 is 0 Å². The number of nitrogens with one attached hydrogen (secondary N) is 3. The van der Waals surface area contributed by atoms with Crippen LogP contribution in [-0.4, -0.2) is 91.9 Å². The van der Waals surface area contributed by atoms with Gasteiger partial charge in [-0.05, 0) is 98.7 Å². The van der Waals surface area contributed by atoms with Crippen molar-refractivity contribution in [2.75, 3.05) is 32.8 Å². The van der Waals surface area contributed by atoms with Crippen molar-refractivity contribution in [1.29, 1.82) is 0 Å². The largest absolute Gasteiger partial charge is 0.387 e. The number of aliphatic hydroxyl groups excluding tert-OH is 1. The summed E-state index contributed by atoms with van der Waals surface area (Å²) in [6.07, 6.45) is 8.19. The number of fused-ring (bicyclic) bond motifs is 4. The van der Waals surface area contributed by atoms with E-state index in [1.807, 2.05) is 4.90 Å². The van der Waals surface area contributed by atoms with Crippen LogP contribution in [0.5, 0.6) is 0 Å². The number of hydrogen-bond donors (Lipinski definition) is 4. The zero-order valence-corrected chi connectivity index (χ0v) is 30.1. The number of benzene rings is 1. The predicted octanol–water partition coefficient (Wildman–Crippen LogP) is 3.92. The number of amides is 1. The molecule has 1 aromatic carbocycles. The van der Waals surface area contributed by atoms with Gasteiger partial charge in [0.05, 0.1) is 11.9 Å². The zero-order valence-electron chi connectivity index (χ0n) is 29.3. The summed E-state index contributed by atoms with van der Waals surface area (Å²) in [5, 5.41) is 16.2. The van der Waals surface area contributed by atoms with Gasteiger partial charge >= 0.3 is 0 Å². The summed E-state index contributed by atoms with van der Waals surface area (Å²) in [4.78, 5) is 17.0. The number of ether oxygens (including phenoxy) is 1. The minimum atomic E-state index is -3.59. The number of piperidine rings is 1. The van der Waals surface area contributed by atoms with Crippen molar-refractivity contribution in [3.63, 3.8) is 0 Å². The van der Waals surface area contributed by atoms with Crippen LogP contribution in [0.2, 0.25) is 0 Å². The standard InChI is InChI=1S/C36H59N5O5S/c1-24-9-6-10-25(2)33(24)30-16-31-38-34(37-30)39-47(44,45)29-12-7-11-26(15-29)20-41(28(22-46-31)17-35(3,4)5)27-18-36(19-27)13-8-14-40(23-36)32(43)21-42/h6,9-10,26-31,34,37-39,42H,7-8,11-23H2,1-5H3/t26?,27?,28-,29?,30?,31?,34?,36?/m1/s1. The minimum Gasteiger partial charge on any atom is -0.387 e. The molecule has 2 saturated carbocycles. The molecule has 4 bridgehead atoms. The molecular formula is C36H59N5O5S. The Morgan fingerprint density at radius 2 is 1.83 bits per heavy atom. The van der Waals surface area contributed by atoms with Gasteiger partial charge in [-0.15, -0.1) is 0 Å². The van der Waals surface area contributed by atoms with Crippen molar-refractivity contribution in [3.05, 3.63) is 34.9 Å². The molecule has 6 atom stereocenters. The molecule has 1 spiro atoms. The Bertz CT molecular complexity index is 1360. The third-order valence-electron chi connectivity index (χ3n) is 11.7. The summed E-state index contributed by atoms with van der Waals surface area (Å²) in [5.41, 5.74) is 3.78. The summed E-state index contributed by atoms with van der Waals surface area (Å²) in [7, 11) is -3.59. The molecular weight excluding hydrogens is 614 g/mol. The number of rotatable bonds is 4. The molecule has 0 radical (unpaired) electrons. The maximum Gasteiger partial charge on any atom is 0.248 e. The lowest BCUT2D eigenvalue weighted by Gasteiger charge is -2.58. The van der Waals surface area contributed by atoms with Gasteiger partial charge in [0, 0.05) is 44.2 Å². The summed E-state index contributed by atoms with van der Waals surface area (Å²) < 4.78 is 37.7. The first kappa shape index (κ1) is 35.2. The highest BCUT2D eigenvalue weighted by atomic mass is 32.2. The summed E-state index contributed by atoms with van der Waals surface area (Å²) in [6.45, 7) is 13.6. The lowest BCUT2D eigenvalue weighted by atomic mass is 9.60. The SMILES string of the molecule is Cc1cccc(C)c1C1CC2NC(N1)NS(=O)(=O)C1CCCC(C1)CN(C1CC3(CCCN(C(=O)CO)C3)C1)[C@H](CC(C)(C)C)CO2. The van der Waals surface area contributed by atoms with Crippen LogP contribution in [0.25, 0.3) is 0 Å². The highest BCUT2D eigenvalue weighted by Gasteiger charge is 2.51. The van der Waals surface area contributed by atoms with Crippen LogP contribution < -0.4 is 15.4 Å². The van der Waals surface area contributed by atoms with Crippen LogP contribution in [0, 0.1) is 30.6 Å². The van der Waals surface area contributed by atoms with E-state index in [2.05, 4.69) is 73.1 Å². The first-order chi connectivity index (χ1) is 22.2. The van der Waals surface area contributed by atoms with E-state index in [4.69, 9.17) is 4.74 Å². The van der Waals surface area contributed by atoms with Gasteiger partial charge in [-0.2, -0.15) is 4.72 Å². The number of likely N-dealkylation sites (tertiary alicyclic amines) is 1. The van der Waals surface area contributed by atoms with Gasteiger partial charge in [-0.3, -0.25) is 20.3 Å². The summed E-state index contributed by atoms with van der Waals surface area (Å²) in [6, 6.07) is 6.82. The second-order valence-corrected chi connectivity index (χ2v) is 18.7. The van der Waals surface area contributed by atoms with Crippen LogP contribution in [0.4, 0.5) is 0 Å². The van der Waals surface area contributed by atoms with Crippen LogP contribution in [0.3, 0.4) is 0 Å². The lowest BCUT2D eigenvalue weighted by Crippen LogP contribution is -2.64. The summed E-state index contributed by atoms with van der Waals surface area (Å²) in [5.74, 6) is 0.135. The highest BCUT2D eigenvalue weighted by molar-refractivity contribution is 7.90. The zero-order chi connectivity index (χ0) is 33.6. The number of hydrogen-bond acceptors (Lipinski definition) is 8. The molecule has 264 valence electrons.